The summed E-state index contributed by atoms with van der Waals surface area (Å²) in [4.78, 5) is 25.9. The lowest BCUT2D eigenvalue weighted by atomic mass is 9.98. The minimum Gasteiger partial charge on any atom is -0.462 e. The predicted octanol–water partition coefficient (Wildman–Crippen LogP) is 10.7. The Labute approximate surface area is 448 Å². The lowest BCUT2D eigenvalue weighted by Crippen LogP contribution is -2.61. The molecule has 15 nitrogen and oxygen atoms in total. The third-order valence-corrected chi connectivity index (χ3v) is 15.1. The van der Waals surface area contributed by atoms with Crippen molar-refractivity contribution in [1.29, 1.82) is 0 Å². The lowest BCUT2D eigenvalue weighted by molar-refractivity contribution is -0.332. The maximum atomic E-state index is 13.1. The Hall–Kier alpha value is -1.50. The van der Waals surface area contributed by atoms with Crippen LogP contribution in [0.5, 0.6) is 0 Å². The molecule has 2 fully saturated rings. The van der Waals surface area contributed by atoms with Crippen LogP contribution in [0.15, 0.2) is 0 Å². The third-order valence-electron chi connectivity index (χ3n) is 15.1. The van der Waals surface area contributed by atoms with Gasteiger partial charge in [-0.15, -0.1) is 0 Å². The number of esters is 2. The van der Waals surface area contributed by atoms with Crippen LogP contribution in [0.2, 0.25) is 0 Å². The van der Waals surface area contributed by atoms with Crippen molar-refractivity contribution in [3.8, 4) is 0 Å². The molecular weight excluding hydrogens is 949 g/mol. The number of hydrogen-bond donors (Lipinski definition) is 7. The number of carbonyl (C=O) groups excluding carboxylic acids is 2. The standard InChI is InChI=1S/C59H112O15/c1-3-5-7-9-11-13-15-17-19-21-22-23-24-25-26-28-30-32-34-36-38-40-42-51(62)72-47(44-69-50(61)41-39-37-35-33-31-29-27-20-18-16-14-12-10-8-6-4-2)45-70-58-57(68)55(66)53(64)49(74-58)46-71-59-56(67)54(65)52(63)48(43-60)73-59/h47-49,52-60,63-68H,3-46H2,1-2H3. The number of aliphatic hydroxyl groups is 7. The Balaban J connectivity index is 1.71. The van der Waals surface area contributed by atoms with Gasteiger partial charge in [0.05, 0.1) is 19.8 Å². The highest BCUT2D eigenvalue weighted by atomic mass is 16.7. The Morgan fingerprint density at radius 3 is 1.05 bits per heavy atom. The molecule has 11 unspecified atom stereocenters. The molecule has 74 heavy (non-hydrogen) atoms. The molecule has 0 radical (unpaired) electrons. The molecule has 438 valence electrons. The van der Waals surface area contributed by atoms with E-state index >= 15 is 0 Å². The molecule has 2 heterocycles. The summed E-state index contributed by atoms with van der Waals surface area (Å²) in [6, 6.07) is 0. The smallest absolute Gasteiger partial charge is 0.306 e. The highest BCUT2D eigenvalue weighted by molar-refractivity contribution is 5.70. The molecule has 0 spiro atoms. The summed E-state index contributed by atoms with van der Waals surface area (Å²) in [5.74, 6) is -0.902. The second kappa shape index (κ2) is 46.4. The van der Waals surface area contributed by atoms with Crippen molar-refractivity contribution in [3.63, 3.8) is 0 Å². The zero-order valence-corrected chi connectivity index (χ0v) is 46.9. The summed E-state index contributed by atoms with van der Waals surface area (Å²) >= 11 is 0. The number of hydrogen-bond acceptors (Lipinski definition) is 15. The van der Waals surface area contributed by atoms with Crippen LogP contribution in [-0.2, 0) is 38.0 Å². The van der Waals surface area contributed by atoms with Crippen molar-refractivity contribution in [1.82, 2.24) is 0 Å². The van der Waals surface area contributed by atoms with E-state index in [0.717, 1.165) is 38.5 Å². The Morgan fingerprint density at radius 2 is 0.689 bits per heavy atom. The second-order valence-electron chi connectivity index (χ2n) is 21.9. The molecular formula is C59H112O15. The van der Waals surface area contributed by atoms with E-state index in [0.29, 0.717) is 12.8 Å². The number of ether oxygens (including phenoxy) is 6. The molecule has 0 amide bonds. The van der Waals surface area contributed by atoms with Crippen LogP contribution in [0.25, 0.3) is 0 Å². The van der Waals surface area contributed by atoms with E-state index in [1.54, 1.807) is 0 Å². The van der Waals surface area contributed by atoms with Crippen LogP contribution in [0.4, 0.5) is 0 Å². The average molecular weight is 1060 g/mol. The Morgan fingerprint density at radius 1 is 0.378 bits per heavy atom. The van der Waals surface area contributed by atoms with Gasteiger partial charge >= 0.3 is 11.9 Å². The third kappa shape index (κ3) is 33.1. The maximum Gasteiger partial charge on any atom is 0.306 e. The van der Waals surface area contributed by atoms with Crippen molar-refractivity contribution in [2.75, 3.05) is 26.4 Å². The van der Waals surface area contributed by atoms with Gasteiger partial charge in [0, 0.05) is 12.8 Å². The molecule has 2 aliphatic rings. The van der Waals surface area contributed by atoms with E-state index in [1.807, 2.05) is 0 Å². The predicted molar refractivity (Wildman–Crippen MR) is 289 cm³/mol. The zero-order chi connectivity index (χ0) is 53.9. The quantitative estimate of drug-likeness (QED) is 0.0222. The van der Waals surface area contributed by atoms with Gasteiger partial charge in [-0.2, -0.15) is 0 Å². The number of carbonyl (C=O) groups is 2. The number of unbranched alkanes of at least 4 members (excludes halogenated alkanes) is 36. The van der Waals surface area contributed by atoms with Gasteiger partial charge in [0.25, 0.3) is 0 Å². The molecule has 11 atom stereocenters. The van der Waals surface area contributed by atoms with Crippen LogP contribution in [0.1, 0.15) is 271 Å². The van der Waals surface area contributed by atoms with Gasteiger partial charge in [-0.05, 0) is 12.8 Å². The Bertz CT molecular complexity index is 1290. The first-order valence-corrected chi connectivity index (χ1v) is 30.6. The average Bonchev–Trinajstić information content (AvgIpc) is 3.39. The van der Waals surface area contributed by atoms with Crippen molar-refractivity contribution in [3.05, 3.63) is 0 Å². The first-order valence-electron chi connectivity index (χ1n) is 30.6. The van der Waals surface area contributed by atoms with Crippen LogP contribution < -0.4 is 0 Å². The van der Waals surface area contributed by atoms with E-state index in [-0.39, 0.29) is 26.1 Å². The van der Waals surface area contributed by atoms with Gasteiger partial charge in [-0.25, -0.2) is 0 Å². The van der Waals surface area contributed by atoms with E-state index in [9.17, 15) is 45.3 Å². The number of rotatable bonds is 50. The van der Waals surface area contributed by atoms with Gasteiger partial charge in [-0.1, -0.05) is 245 Å². The highest BCUT2D eigenvalue weighted by Crippen LogP contribution is 2.27. The van der Waals surface area contributed by atoms with Crippen molar-refractivity contribution in [2.24, 2.45) is 0 Å². The van der Waals surface area contributed by atoms with Crippen molar-refractivity contribution >= 4 is 11.9 Å². The molecule has 0 bridgehead atoms. The van der Waals surface area contributed by atoms with Crippen LogP contribution in [0.3, 0.4) is 0 Å². The fraction of sp³-hybridized carbons (Fsp3) is 0.966. The topological polar surface area (TPSA) is 231 Å². The van der Waals surface area contributed by atoms with Crippen LogP contribution in [0, 0.1) is 0 Å². The van der Waals surface area contributed by atoms with Gasteiger partial charge in [0.15, 0.2) is 18.7 Å². The summed E-state index contributed by atoms with van der Waals surface area (Å²) < 4.78 is 33.8. The van der Waals surface area contributed by atoms with E-state index in [4.69, 9.17) is 28.4 Å². The first kappa shape index (κ1) is 68.6. The summed E-state index contributed by atoms with van der Waals surface area (Å²) in [6.07, 6.45) is 31.2. The van der Waals surface area contributed by atoms with Crippen molar-refractivity contribution in [2.45, 2.75) is 338 Å². The van der Waals surface area contributed by atoms with Gasteiger partial charge < -0.3 is 64.2 Å². The minimum atomic E-state index is -1.76. The summed E-state index contributed by atoms with van der Waals surface area (Å²) in [5, 5.41) is 72.3. The molecule has 15 heteroatoms. The van der Waals surface area contributed by atoms with Crippen molar-refractivity contribution < 1.29 is 73.8 Å². The first-order chi connectivity index (χ1) is 36.0. The van der Waals surface area contributed by atoms with E-state index < -0.39 is 92.7 Å². The zero-order valence-electron chi connectivity index (χ0n) is 46.9. The van der Waals surface area contributed by atoms with Gasteiger partial charge in [-0.3, -0.25) is 9.59 Å². The van der Waals surface area contributed by atoms with Crippen LogP contribution in [-0.4, -0.2) is 142 Å². The maximum absolute atomic E-state index is 13.1. The molecule has 2 rings (SSSR count). The molecule has 0 aliphatic carbocycles. The SMILES string of the molecule is CCCCCCCCCCCCCCCCCCCCCCCCC(=O)OC(COC(=O)CCCCCCCCCCCCCCCCCC)COC1OC(COC2OC(CO)C(O)C(O)C2O)C(O)C(O)C1O. The molecule has 0 saturated carbocycles. The summed E-state index contributed by atoms with van der Waals surface area (Å²) in [6.45, 7) is 2.67. The normalized spacial score (nSPS) is 24.6. The number of aliphatic hydroxyl groups excluding tert-OH is 7. The molecule has 7 N–H and O–H groups in total. The van der Waals surface area contributed by atoms with E-state index in [2.05, 4.69) is 13.8 Å². The fourth-order valence-electron chi connectivity index (χ4n) is 10.1. The second-order valence-corrected chi connectivity index (χ2v) is 21.9. The molecule has 2 saturated heterocycles. The van der Waals surface area contributed by atoms with Gasteiger partial charge in [0.1, 0.15) is 55.4 Å². The Kier molecular flexibility index (Phi) is 43.0. The van der Waals surface area contributed by atoms with E-state index in [1.165, 1.54) is 193 Å². The van der Waals surface area contributed by atoms with Gasteiger partial charge in [0.2, 0.25) is 0 Å². The van der Waals surface area contributed by atoms with Crippen LogP contribution >= 0.6 is 0 Å². The lowest BCUT2D eigenvalue weighted by Gasteiger charge is -2.42. The summed E-state index contributed by atoms with van der Waals surface area (Å²) in [7, 11) is 0. The summed E-state index contributed by atoms with van der Waals surface area (Å²) in [5.41, 5.74) is 0. The fourth-order valence-corrected chi connectivity index (χ4v) is 10.1. The molecule has 0 aromatic rings. The monoisotopic (exact) mass is 1060 g/mol. The largest absolute Gasteiger partial charge is 0.462 e. The molecule has 2 aliphatic heterocycles. The molecule has 0 aromatic carbocycles. The highest BCUT2D eigenvalue weighted by Gasteiger charge is 2.47. The minimum absolute atomic E-state index is 0.174. The molecule has 0 aromatic heterocycles.